The first kappa shape index (κ1) is 23.2. The van der Waals surface area contributed by atoms with E-state index in [4.69, 9.17) is 9.47 Å². The number of carbonyl (C=O) groups is 3. The zero-order valence-corrected chi connectivity index (χ0v) is 18.6. The van der Waals surface area contributed by atoms with Gasteiger partial charge in [0.1, 0.15) is 11.6 Å². The maximum Gasteiger partial charge on any atom is 0.343 e. The number of halogens is 2. The number of ether oxygens (including phenoxy) is 2. The molecule has 9 heteroatoms. The molecular weight excluding hydrogens is 464 g/mol. The van der Waals surface area contributed by atoms with Crippen LogP contribution in [-0.2, 0) is 11.3 Å². The van der Waals surface area contributed by atoms with Crippen molar-refractivity contribution in [1.29, 1.82) is 0 Å². The average Bonchev–Trinajstić information content (AvgIpc) is 3.09. The fraction of sp³-hybridized carbons (Fsp3) is 0.0800. The summed E-state index contributed by atoms with van der Waals surface area (Å²) in [6.45, 7) is -0.170. The van der Waals surface area contributed by atoms with Crippen LogP contribution in [0.15, 0.2) is 71.6 Å². The molecule has 1 saturated heterocycles. The molecule has 0 saturated carbocycles. The Morgan fingerprint density at radius 3 is 2.44 bits per heavy atom. The Morgan fingerprint density at radius 2 is 1.74 bits per heavy atom. The van der Waals surface area contributed by atoms with Crippen LogP contribution < -0.4 is 9.47 Å². The lowest BCUT2D eigenvalue weighted by atomic mass is 10.1. The van der Waals surface area contributed by atoms with Crippen molar-refractivity contribution in [2.75, 3.05) is 7.11 Å². The summed E-state index contributed by atoms with van der Waals surface area (Å²) in [6, 6.07) is 15.4. The predicted octanol–water partition coefficient (Wildman–Crippen LogP) is 5.43. The highest BCUT2D eigenvalue weighted by Crippen LogP contribution is 2.35. The van der Waals surface area contributed by atoms with Crippen molar-refractivity contribution in [3.8, 4) is 11.5 Å². The summed E-state index contributed by atoms with van der Waals surface area (Å²) in [5, 5.41) is -0.503. The topological polar surface area (TPSA) is 72.9 Å². The number of methoxy groups -OCH3 is 1. The number of hydrogen-bond donors (Lipinski definition) is 0. The number of rotatable bonds is 6. The van der Waals surface area contributed by atoms with Gasteiger partial charge in [-0.2, -0.15) is 0 Å². The lowest BCUT2D eigenvalue weighted by Gasteiger charge is -2.13. The smallest absolute Gasteiger partial charge is 0.343 e. The molecule has 0 N–H and O–H groups in total. The van der Waals surface area contributed by atoms with E-state index in [-0.39, 0.29) is 34.1 Å². The Hall–Kier alpha value is -3.98. The van der Waals surface area contributed by atoms with E-state index in [1.807, 2.05) is 0 Å². The summed E-state index contributed by atoms with van der Waals surface area (Å²) >= 11 is 0.748. The number of imide groups is 1. The molecule has 172 valence electrons. The van der Waals surface area contributed by atoms with Gasteiger partial charge in [-0.15, -0.1) is 0 Å². The summed E-state index contributed by atoms with van der Waals surface area (Å²) in [5.41, 5.74) is 0.922. The zero-order chi connectivity index (χ0) is 24.2. The first-order valence-corrected chi connectivity index (χ1v) is 10.8. The summed E-state index contributed by atoms with van der Waals surface area (Å²) in [5.74, 6) is -1.86. The van der Waals surface area contributed by atoms with Crippen molar-refractivity contribution in [1.82, 2.24) is 4.90 Å². The molecule has 6 nitrogen and oxygen atoms in total. The second-order valence-corrected chi connectivity index (χ2v) is 8.16. The third kappa shape index (κ3) is 4.99. The first-order chi connectivity index (χ1) is 16.4. The van der Waals surface area contributed by atoms with Gasteiger partial charge >= 0.3 is 5.97 Å². The Bertz CT molecular complexity index is 1310. The summed E-state index contributed by atoms with van der Waals surface area (Å²) < 4.78 is 37.6. The molecule has 0 atom stereocenters. The van der Waals surface area contributed by atoms with Crippen LogP contribution in [0.5, 0.6) is 11.5 Å². The van der Waals surface area contributed by atoms with Crippen LogP contribution in [0.2, 0.25) is 0 Å². The van der Waals surface area contributed by atoms with E-state index < -0.39 is 28.8 Å². The van der Waals surface area contributed by atoms with Gasteiger partial charge in [-0.1, -0.05) is 24.3 Å². The predicted molar refractivity (Wildman–Crippen MR) is 122 cm³/mol. The standard InChI is InChI=1S/C25H17F2NO5S/c1-32-21-12-15(6-11-20(21)33-24(30)16-7-9-18(26)10-8-16)13-22-23(29)28(25(31)34-22)14-17-4-2-3-5-19(17)27/h2-13H,14H2,1H3/b22-13-. The molecule has 1 aliphatic rings. The number of thioether (sulfide) groups is 1. The molecule has 0 unspecified atom stereocenters. The maximum atomic E-state index is 13.9. The Balaban J connectivity index is 1.52. The minimum Gasteiger partial charge on any atom is -0.493 e. The molecule has 3 aromatic carbocycles. The van der Waals surface area contributed by atoms with Gasteiger partial charge in [0.25, 0.3) is 11.1 Å². The fourth-order valence-electron chi connectivity index (χ4n) is 3.19. The molecular formula is C25H17F2NO5S. The van der Waals surface area contributed by atoms with E-state index in [0.29, 0.717) is 5.56 Å². The van der Waals surface area contributed by atoms with Crippen LogP contribution in [0, 0.1) is 11.6 Å². The lowest BCUT2D eigenvalue weighted by Crippen LogP contribution is -2.27. The van der Waals surface area contributed by atoms with Crippen molar-refractivity contribution in [2.24, 2.45) is 0 Å². The van der Waals surface area contributed by atoms with Crippen molar-refractivity contribution in [3.05, 3.63) is 100.0 Å². The lowest BCUT2D eigenvalue weighted by molar-refractivity contribution is -0.123. The molecule has 2 amide bonds. The first-order valence-electron chi connectivity index (χ1n) is 10.0. The number of carbonyl (C=O) groups excluding carboxylic acids is 3. The number of hydrogen-bond acceptors (Lipinski definition) is 6. The Labute approximate surface area is 197 Å². The fourth-order valence-corrected chi connectivity index (χ4v) is 4.03. The molecule has 1 aliphatic heterocycles. The summed E-state index contributed by atoms with van der Waals surface area (Å²) in [4.78, 5) is 38.6. The van der Waals surface area contributed by atoms with E-state index >= 15 is 0 Å². The largest absolute Gasteiger partial charge is 0.493 e. The van der Waals surface area contributed by atoms with Gasteiger partial charge in [0.2, 0.25) is 0 Å². The van der Waals surface area contributed by atoms with Gasteiger partial charge in [0.15, 0.2) is 11.5 Å². The molecule has 3 aromatic rings. The number of amides is 2. The Kier molecular flexibility index (Phi) is 6.74. The third-order valence-corrected chi connectivity index (χ3v) is 5.84. The van der Waals surface area contributed by atoms with Gasteiger partial charge in [-0.3, -0.25) is 14.5 Å². The van der Waals surface area contributed by atoms with Gasteiger partial charge in [0, 0.05) is 5.56 Å². The molecule has 0 spiro atoms. The quantitative estimate of drug-likeness (QED) is 0.266. The zero-order valence-electron chi connectivity index (χ0n) is 17.8. The van der Waals surface area contributed by atoms with Gasteiger partial charge < -0.3 is 9.47 Å². The van der Waals surface area contributed by atoms with Crippen molar-refractivity contribution < 1.29 is 32.6 Å². The van der Waals surface area contributed by atoms with Gasteiger partial charge in [-0.05, 0) is 65.9 Å². The highest BCUT2D eigenvalue weighted by Gasteiger charge is 2.35. The van der Waals surface area contributed by atoms with Gasteiger partial charge in [-0.25, -0.2) is 13.6 Å². The van der Waals surface area contributed by atoms with Crippen LogP contribution in [0.3, 0.4) is 0 Å². The van der Waals surface area contributed by atoms with E-state index in [2.05, 4.69) is 0 Å². The second kappa shape index (κ2) is 9.88. The van der Waals surface area contributed by atoms with Crippen LogP contribution >= 0.6 is 11.8 Å². The minimum absolute atomic E-state index is 0.127. The van der Waals surface area contributed by atoms with E-state index in [0.717, 1.165) is 28.8 Å². The maximum absolute atomic E-state index is 13.9. The Morgan fingerprint density at radius 1 is 1.00 bits per heavy atom. The number of esters is 1. The summed E-state index contributed by atoms with van der Waals surface area (Å²) in [7, 11) is 1.39. The van der Waals surface area contributed by atoms with Crippen molar-refractivity contribution >= 4 is 35.0 Å². The van der Waals surface area contributed by atoms with Crippen LogP contribution in [-0.4, -0.2) is 29.1 Å². The summed E-state index contributed by atoms with van der Waals surface area (Å²) in [6.07, 6.45) is 1.50. The van der Waals surface area contributed by atoms with E-state index in [1.165, 1.54) is 55.7 Å². The third-order valence-electron chi connectivity index (χ3n) is 4.93. The SMILES string of the molecule is COc1cc(/C=C2\SC(=O)N(Cc3ccccc3F)C2=O)ccc1OC(=O)c1ccc(F)cc1. The molecule has 4 rings (SSSR count). The molecule has 0 bridgehead atoms. The van der Waals surface area contributed by atoms with Crippen LogP contribution in [0.4, 0.5) is 13.6 Å². The van der Waals surface area contributed by atoms with Crippen LogP contribution in [0.1, 0.15) is 21.5 Å². The molecule has 34 heavy (non-hydrogen) atoms. The highest BCUT2D eigenvalue weighted by molar-refractivity contribution is 8.18. The molecule has 0 radical (unpaired) electrons. The van der Waals surface area contributed by atoms with Crippen LogP contribution in [0.25, 0.3) is 6.08 Å². The normalized spacial score (nSPS) is 14.6. The van der Waals surface area contributed by atoms with Gasteiger partial charge in [0.05, 0.1) is 24.1 Å². The number of benzene rings is 3. The molecule has 0 aliphatic carbocycles. The van der Waals surface area contributed by atoms with E-state index in [9.17, 15) is 23.2 Å². The molecule has 1 heterocycles. The number of nitrogens with zero attached hydrogens (tertiary/aromatic N) is 1. The monoisotopic (exact) mass is 481 g/mol. The minimum atomic E-state index is -0.694. The van der Waals surface area contributed by atoms with E-state index in [1.54, 1.807) is 12.1 Å². The molecule has 1 fully saturated rings. The highest BCUT2D eigenvalue weighted by atomic mass is 32.2. The van der Waals surface area contributed by atoms with Crippen molar-refractivity contribution in [3.63, 3.8) is 0 Å². The van der Waals surface area contributed by atoms with Crippen molar-refractivity contribution in [2.45, 2.75) is 6.54 Å². The second-order valence-electron chi connectivity index (χ2n) is 7.17. The average molecular weight is 481 g/mol. The molecule has 0 aromatic heterocycles.